The molecule has 2 N–H and O–H groups in total. The molecule has 0 aromatic heterocycles. The molecule has 4 heteroatoms. The highest BCUT2D eigenvalue weighted by molar-refractivity contribution is 4.44. The molecular formula is C5H13N3O. The second-order valence-corrected chi connectivity index (χ2v) is 1.71. The third-order valence-electron chi connectivity index (χ3n) is 0.838. The van der Waals surface area contributed by atoms with Gasteiger partial charge in [0.1, 0.15) is 0 Å². The van der Waals surface area contributed by atoms with Crippen LogP contribution in [0.5, 0.6) is 0 Å². The van der Waals surface area contributed by atoms with Crippen LogP contribution in [0.1, 0.15) is 19.8 Å². The molecule has 0 aromatic carbocycles. The number of hydrogen-bond acceptors (Lipinski definition) is 3. The summed E-state index contributed by atoms with van der Waals surface area (Å²) in [6.07, 6.45) is 0.956. The molecule has 9 heavy (non-hydrogen) atoms. The molecule has 0 radical (unpaired) electrons. The Hall–Kier alpha value is -0.640. The van der Waals surface area contributed by atoms with Crippen molar-refractivity contribution in [3.8, 4) is 0 Å². The van der Waals surface area contributed by atoms with E-state index in [-0.39, 0.29) is 0 Å². The number of nitrogens with zero attached hydrogens (tertiary/aromatic N) is 2. The van der Waals surface area contributed by atoms with Crippen LogP contribution in [0.3, 0.4) is 0 Å². The van der Waals surface area contributed by atoms with E-state index < -0.39 is 6.23 Å². The van der Waals surface area contributed by atoms with Gasteiger partial charge in [0.05, 0.1) is 0 Å². The molecule has 0 rings (SSSR count). The standard InChI is InChI=1S/C5H13N3O/c1-3-4-5(9)7-8-6-2/h5,9H,3-4H2,1-2H3,(H,6,7). The van der Waals surface area contributed by atoms with E-state index in [1.807, 2.05) is 6.92 Å². The average Bonchev–Trinajstić information content (AvgIpc) is 1.85. The SMILES string of the molecule is CCCC(O)N=NNC. The van der Waals surface area contributed by atoms with Crippen molar-refractivity contribution in [3.63, 3.8) is 0 Å². The van der Waals surface area contributed by atoms with Crippen molar-refractivity contribution in [3.05, 3.63) is 0 Å². The maximum absolute atomic E-state index is 8.88. The van der Waals surface area contributed by atoms with Crippen LogP contribution in [0, 0.1) is 0 Å². The van der Waals surface area contributed by atoms with Crippen LogP contribution in [-0.4, -0.2) is 18.4 Å². The molecule has 0 saturated carbocycles. The summed E-state index contributed by atoms with van der Waals surface area (Å²) >= 11 is 0. The number of rotatable bonds is 4. The van der Waals surface area contributed by atoms with E-state index >= 15 is 0 Å². The van der Waals surface area contributed by atoms with Crippen LogP contribution in [0.25, 0.3) is 0 Å². The Morgan fingerprint density at radius 3 is 2.78 bits per heavy atom. The van der Waals surface area contributed by atoms with Crippen LogP contribution < -0.4 is 5.43 Å². The molecule has 0 aliphatic rings. The van der Waals surface area contributed by atoms with Crippen molar-refractivity contribution in [2.75, 3.05) is 7.05 Å². The summed E-state index contributed by atoms with van der Waals surface area (Å²) in [4.78, 5) is 0. The summed E-state index contributed by atoms with van der Waals surface area (Å²) in [5.74, 6) is 0. The van der Waals surface area contributed by atoms with Gasteiger partial charge < -0.3 is 5.11 Å². The normalized spacial score (nSPS) is 14.1. The Balaban J connectivity index is 3.25. The lowest BCUT2D eigenvalue weighted by Crippen LogP contribution is -2.02. The third-order valence-corrected chi connectivity index (χ3v) is 0.838. The van der Waals surface area contributed by atoms with Crippen molar-refractivity contribution < 1.29 is 5.11 Å². The van der Waals surface area contributed by atoms with Crippen LogP contribution >= 0.6 is 0 Å². The van der Waals surface area contributed by atoms with E-state index in [1.165, 1.54) is 0 Å². The molecule has 1 atom stereocenters. The Bertz CT molecular complexity index is 84.3. The fourth-order valence-corrected chi connectivity index (χ4v) is 0.440. The van der Waals surface area contributed by atoms with Crippen molar-refractivity contribution >= 4 is 0 Å². The molecule has 1 unspecified atom stereocenters. The van der Waals surface area contributed by atoms with E-state index in [0.717, 1.165) is 6.42 Å². The van der Waals surface area contributed by atoms with Crippen LogP contribution in [0.15, 0.2) is 10.3 Å². The van der Waals surface area contributed by atoms with Gasteiger partial charge in [0.2, 0.25) is 0 Å². The molecule has 0 fully saturated rings. The Morgan fingerprint density at radius 2 is 2.33 bits per heavy atom. The van der Waals surface area contributed by atoms with Gasteiger partial charge in [-0.2, -0.15) is 0 Å². The van der Waals surface area contributed by atoms with Gasteiger partial charge in [0.15, 0.2) is 6.23 Å². The molecule has 0 bridgehead atoms. The first kappa shape index (κ1) is 8.36. The second kappa shape index (κ2) is 5.50. The van der Waals surface area contributed by atoms with Crippen LogP contribution in [0.4, 0.5) is 0 Å². The highest BCUT2D eigenvalue weighted by atomic mass is 16.3. The molecule has 0 aliphatic carbocycles. The number of aliphatic hydroxyl groups excluding tert-OH is 1. The topological polar surface area (TPSA) is 57.0 Å². The van der Waals surface area contributed by atoms with E-state index in [2.05, 4.69) is 15.8 Å². The molecular weight excluding hydrogens is 118 g/mol. The van der Waals surface area contributed by atoms with Crippen molar-refractivity contribution in [2.45, 2.75) is 26.0 Å². The van der Waals surface area contributed by atoms with Gasteiger partial charge in [-0.15, -0.1) is 5.11 Å². The zero-order valence-corrected chi connectivity index (χ0v) is 5.83. The molecule has 0 saturated heterocycles. The average molecular weight is 131 g/mol. The highest BCUT2D eigenvalue weighted by Crippen LogP contribution is 1.96. The first-order valence-corrected chi connectivity index (χ1v) is 3.06. The van der Waals surface area contributed by atoms with Crippen molar-refractivity contribution in [1.29, 1.82) is 0 Å². The first-order valence-electron chi connectivity index (χ1n) is 3.06. The molecule has 0 aromatic rings. The molecule has 0 aliphatic heterocycles. The number of hydrogen-bond donors (Lipinski definition) is 2. The molecule has 0 spiro atoms. The summed E-state index contributed by atoms with van der Waals surface area (Å²) in [5, 5.41) is 15.8. The Morgan fingerprint density at radius 1 is 1.67 bits per heavy atom. The highest BCUT2D eigenvalue weighted by Gasteiger charge is 1.95. The quantitative estimate of drug-likeness (QED) is 0.435. The van der Waals surface area contributed by atoms with Gasteiger partial charge in [-0.3, -0.25) is 5.43 Å². The van der Waals surface area contributed by atoms with Gasteiger partial charge in [-0.05, 0) is 6.42 Å². The predicted octanol–water partition coefficient (Wildman–Crippen LogP) is 0.692. The minimum Gasteiger partial charge on any atom is -0.370 e. The second-order valence-electron chi connectivity index (χ2n) is 1.71. The monoisotopic (exact) mass is 131 g/mol. The zero-order valence-electron chi connectivity index (χ0n) is 5.83. The van der Waals surface area contributed by atoms with Gasteiger partial charge >= 0.3 is 0 Å². The largest absolute Gasteiger partial charge is 0.370 e. The maximum Gasteiger partial charge on any atom is 0.167 e. The molecule has 0 heterocycles. The molecule has 54 valence electrons. The van der Waals surface area contributed by atoms with Crippen LogP contribution in [-0.2, 0) is 0 Å². The lowest BCUT2D eigenvalue weighted by atomic mass is 10.3. The maximum atomic E-state index is 8.88. The number of nitrogens with one attached hydrogen (secondary N) is 1. The van der Waals surface area contributed by atoms with E-state index in [0.29, 0.717) is 6.42 Å². The third kappa shape index (κ3) is 5.23. The van der Waals surface area contributed by atoms with Crippen molar-refractivity contribution in [2.24, 2.45) is 10.3 Å². The minimum absolute atomic E-state index is 0.637. The fraction of sp³-hybridized carbons (Fsp3) is 1.00. The summed E-state index contributed by atoms with van der Waals surface area (Å²) in [7, 11) is 1.64. The van der Waals surface area contributed by atoms with Gasteiger partial charge in [0.25, 0.3) is 0 Å². The molecule has 0 amide bonds. The first-order chi connectivity index (χ1) is 4.31. The van der Waals surface area contributed by atoms with E-state index in [4.69, 9.17) is 5.11 Å². The van der Waals surface area contributed by atoms with Crippen molar-refractivity contribution in [1.82, 2.24) is 5.43 Å². The lowest BCUT2D eigenvalue weighted by molar-refractivity contribution is 0.163. The summed E-state index contributed by atoms with van der Waals surface area (Å²) in [5.41, 5.74) is 2.46. The van der Waals surface area contributed by atoms with Gasteiger partial charge in [-0.25, -0.2) is 0 Å². The van der Waals surface area contributed by atoms with Gasteiger partial charge in [0, 0.05) is 7.05 Å². The minimum atomic E-state index is -0.637. The molecule has 4 nitrogen and oxygen atoms in total. The Labute approximate surface area is 55.0 Å². The van der Waals surface area contributed by atoms with E-state index in [1.54, 1.807) is 7.05 Å². The van der Waals surface area contributed by atoms with E-state index in [9.17, 15) is 0 Å². The summed E-state index contributed by atoms with van der Waals surface area (Å²) in [6.45, 7) is 1.98. The predicted molar refractivity (Wildman–Crippen MR) is 34.8 cm³/mol. The summed E-state index contributed by atoms with van der Waals surface area (Å²) < 4.78 is 0. The zero-order chi connectivity index (χ0) is 7.11. The smallest absolute Gasteiger partial charge is 0.167 e. The van der Waals surface area contributed by atoms with Gasteiger partial charge in [-0.1, -0.05) is 18.6 Å². The fourth-order valence-electron chi connectivity index (χ4n) is 0.440. The van der Waals surface area contributed by atoms with Crippen LogP contribution in [0.2, 0.25) is 0 Å². The summed E-state index contributed by atoms with van der Waals surface area (Å²) in [6, 6.07) is 0. The Kier molecular flexibility index (Phi) is 5.11. The lowest BCUT2D eigenvalue weighted by Gasteiger charge is -1.98. The number of aliphatic hydroxyl groups is 1.